The summed E-state index contributed by atoms with van der Waals surface area (Å²) in [6.45, 7) is 7.73. The van der Waals surface area contributed by atoms with Crippen molar-refractivity contribution in [1.29, 1.82) is 0 Å². The molecule has 26 heavy (non-hydrogen) atoms. The van der Waals surface area contributed by atoms with Crippen LogP contribution in [-0.4, -0.2) is 33.6 Å². The SMILES string of the molecule is Cc1ccc(C(C)C)c(OCCSc2nc3ccccc3n2CCO)c1. The summed E-state index contributed by atoms with van der Waals surface area (Å²) in [5, 5.41) is 10.3. The molecule has 3 rings (SSSR count). The van der Waals surface area contributed by atoms with Gasteiger partial charge < -0.3 is 14.4 Å². The minimum Gasteiger partial charge on any atom is -0.492 e. The first kappa shape index (κ1) is 18.8. The van der Waals surface area contributed by atoms with Gasteiger partial charge in [0, 0.05) is 12.3 Å². The van der Waals surface area contributed by atoms with Crippen molar-refractivity contribution in [3.63, 3.8) is 0 Å². The van der Waals surface area contributed by atoms with Gasteiger partial charge in [0.25, 0.3) is 0 Å². The third kappa shape index (κ3) is 4.22. The third-order valence-electron chi connectivity index (χ3n) is 4.31. The normalized spacial score (nSPS) is 11.4. The lowest BCUT2D eigenvalue weighted by atomic mass is 10.0. The van der Waals surface area contributed by atoms with E-state index in [4.69, 9.17) is 9.72 Å². The number of rotatable bonds is 8. The number of para-hydroxylation sites is 2. The number of nitrogens with zero attached hydrogens (tertiary/aromatic N) is 2. The number of imidazole rings is 1. The fourth-order valence-corrected chi connectivity index (χ4v) is 3.87. The highest BCUT2D eigenvalue weighted by Crippen LogP contribution is 2.28. The summed E-state index contributed by atoms with van der Waals surface area (Å²) >= 11 is 1.67. The topological polar surface area (TPSA) is 47.3 Å². The molecule has 3 aromatic rings. The fraction of sp³-hybridized carbons (Fsp3) is 0.381. The minimum absolute atomic E-state index is 0.103. The Bertz CT molecular complexity index is 874. The average Bonchev–Trinajstić information content (AvgIpc) is 2.97. The Morgan fingerprint density at radius 2 is 2.00 bits per heavy atom. The number of benzene rings is 2. The Labute approximate surface area is 159 Å². The highest BCUT2D eigenvalue weighted by atomic mass is 32.2. The van der Waals surface area contributed by atoms with E-state index in [9.17, 15) is 5.11 Å². The molecule has 0 fully saturated rings. The van der Waals surface area contributed by atoms with Gasteiger partial charge in [0.2, 0.25) is 0 Å². The van der Waals surface area contributed by atoms with Gasteiger partial charge in [-0.3, -0.25) is 0 Å². The van der Waals surface area contributed by atoms with E-state index in [0.717, 1.165) is 27.7 Å². The number of hydrogen-bond donors (Lipinski definition) is 1. The zero-order chi connectivity index (χ0) is 18.5. The molecule has 0 spiro atoms. The van der Waals surface area contributed by atoms with Crippen LogP contribution in [0.3, 0.4) is 0 Å². The highest BCUT2D eigenvalue weighted by Gasteiger charge is 2.11. The van der Waals surface area contributed by atoms with Gasteiger partial charge in [0.1, 0.15) is 5.75 Å². The van der Waals surface area contributed by atoms with Crippen molar-refractivity contribution in [2.45, 2.75) is 38.4 Å². The lowest BCUT2D eigenvalue weighted by Gasteiger charge is -2.15. The van der Waals surface area contributed by atoms with Crippen molar-refractivity contribution < 1.29 is 9.84 Å². The Morgan fingerprint density at radius 3 is 2.77 bits per heavy atom. The molecule has 0 aliphatic heterocycles. The summed E-state index contributed by atoms with van der Waals surface area (Å²) in [7, 11) is 0. The molecular formula is C21H26N2O2S. The quantitative estimate of drug-likeness (QED) is 0.464. The molecule has 138 valence electrons. The van der Waals surface area contributed by atoms with E-state index >= 15 is 0 Å². The van der Waals surface area contributed by atoms with Crippen LogP contribution < -0.4 is 4.74 Å². The smallest absolute Gasteiger partial charge is 0.169 e. The van der Waals surface area contributed by atoms with Gasteiger partial charge >= 0.3 is 0 Å². The summed E-state index contributed by atoms with van der Waals surface area (Å²) in [4.78, 5) is 4.69. The molecule has 0 saturated carbocycles. The molecule has 1 heterocycles. The standard InChI is InChI=1S/C21H26N2O2S/c1-15(2)17-9-8-16(3)14-20(17)25-12-13-26-21-22-18-6-4-5-7-19(18)23(21)10-11-24/h4-9,14-15,24H,10-13H2,1-3H3. The molecule has 5 heteroatoms. The molecule has 0 aliphatic carbocycles. The molecule has 0 amide bonds. The van der Waals surface area contributed by atoms with E-state index < -0.39 is 0 Å². The monoisotopic (exact) mass is 370 g/mol. The third-order valence-corrected chi connectivity index (χ3v) is 5.25. The van der Waals surface area contributed by atoms with Crippen LogP contribution in [0.4, 0.5) is 0 Å². The summed E-state index contributed by atoms with van der Waals surface area (Å²) < 4.78 is 8.14. The van der Waals surface area contributed by atoms with Gasteiger partial charge in [-0.05, 0) is 42.2 Å². The van der Waals surface area contributed by atoms with Crippen LogP contribution in [0.1, 0.15) is 30.9 Å². The van der Waals surface area contributed by atoms with Crippen LogP contribution in [0.5, 0.6) is 5.75 Å². The van der Waals surface area contributed by atoms with E-state index in [-0.39, 0.29) is 6.61 Å². The molecule has 1 N–H and O–H groups in total. The van der Waals surface area contributed by atoms with Crippen LogP contribution in [0.15, 0.2) is 47.6 Å². The molecule has 0 unspecified atom stereocenters. The van der Waals surface area contributed by atoms with Gasteiger partial charge in [-0.2, -0.15) is 0 Å². The molecule has 0 saturated heterocycles. The summed E-state index contributed by atoms with van der Waals surface area (Å²) in [6, 6.07) is 14.4. The predicted octanol–water partition coefficient (Wildman–Crippen LogP) is 4.63. The maximum atomic E-state index is 9.37. The molecule has 0 radical (unpaired) electrons. The van der Waals surface area contributed by atoms with Crippen molar-refractivity contribution in [2.75, 3.05) is 19.0 Å². The Hall–Kier alpha value is -1.98. The zero-order valence-corrected chi connectivity index (χ0v) is 16.4. The summed E-state index contributed by atoms with van der Waals surface area (Å²) in [6.07, 6.45) is 0. The second-order valence-electron chi connectivity index (χ2n) is 6.65. The number of hydrogen-bond acceptors (Lipinski definition) is 4. The first-order valence-electron chi connectivity index (χ1n) is 9.02. The number of ether oxygens (including phenoxy) is 1. The van der Waals surface area contributed by atoms with E-state index in [1.165, 1.54) is 11.1 Å². The maximum Gasteiger partial charge on any atom is 0.169 e. The predicted molar refractivity (Wildman–Crippen MR) is 108 cm³/mol. The molecule has 0 atom stereocenters. The van der Waals surface area contributed by atoms with Crippen LogP contribution in [-0.2, 0) is 6.54 Å². The van der Waals surface area contributed by atoms with Gasteiger partial charge in [0.05, 0.1) is 24.2 Å². The molecule has 0 bridgehead atoms. The fourth-order valence-electron chi connectivity index (χ4n) is 3.01. The largest absolute Gasteiger partial charge is 0.492 e. The van der Waals surface area contributed by atoms with E-state index in [0.29, 0.717) is 19.1 Å². The van der Waals surface area contributed by atoms with Crippen molar-refractivity contribution >= 4 is 22.8 Å². The number of aliphatic hydroxyl groups is 1. The zero-order valence-electron chi connectivity index (χ0n) is 15.6. The molecule has 4 nitrogen and oxygen atoms in total. The Morgan fingerprint density at radius 1 is 1.19 bits per heavy atom. The van der Waals surface area contributed by atoms with Gasteiger partial charge in [-0.15, -0.1) is 0 Å². The van der Waals surface area contributed by atoms with Crippen LogP contribution >= 0.6 is 11.8 Å². The lowest BCUT2D eigenvalue weighted by molar-refractivity contribution is 0.273. The van der Waals surface area contributed by atoms with Crippen molar-refractivity contribution in [2.24, 2.45) is 0 Å². The van der Waals surface area contributed by atoms with Crippen LogP contribution in [0, 0.1) is 6.92 Å². The van der Waals surface area contributed by atoms with Crippen molar-refractivity contribution in [1.82, 2.24) is 9.55 Å². The van der Waals surface area contributed by atoms with E-state index in [2.05, 4.69) is 43.5 Å². The number of aryl methyl sites for hydroxylation is 1. The van der Waals surface area contributed by atoms with Crippen LogP contribution in [0.25, 0.3) is 11.0 Å². The number of thioether (sulfide) groups is 1. The summed E-state index contributed by atoms with van der Waals surface area (Å²) in [5.74, 6) is 2.22. The van der Waals surface area contributed by atoms with Crippen molar-refractivity contribution in [3.8, 4) is 5.75 Å². The Balaban J connectivity index is 1.67. The first-order valence-corrected chi connectivity index (χ1v) is 10.0. The Kier molecular flexibility index (Phi) is 6.22. The molecule has 0 aliphatic rings. The number of aromatic nitrogens is 2. The van der Waals surface area contributed by atoms with E-state index in [1.807, 2.05) is 24.3 Å². The van der Waals surface area contributed by atoms with Crippen molar-refractivity contribution in [3.05, 3.63) is 53.6 Å². The second kappa shape index (κ2) is 8.60. The van der Waals surface area contributed by atoms with E-state index in [1.54, 1.807) is 11.8 Å². The maximum absolute atomic E-state index is 9.37. The lowest BCUT2D eigenvalue weighted by Crippen LogP contribution is -2.07. The van der Waals surface area contributed by atoms with Gasteiger partial charge in [-0.1, -0.05) is 49.9 Å². The molecule has 1 aromatic heterocycles. The van der Waals surface area contributed by atoms with Gasteiger partial charge in [0.15, 0.2) is 5.16 Å². The number of aliphatic hydroxyl groups excluding tert-OH is 1. The first-order chi connectivity index (χ1) is 12.6. The van der Waals surface area contributed by atoms with Crippen LogP contribution in [0.2, 0.25) is 0 Å². The second-order valence-corrected chi connectivity index (χ2v) is 7.71. The highest BCUT2D eigenvalue weighted by molar-refractivity contribution is 7.99. The average molecular weight is 371 g/mol. The summed E-state index contributed by atoms with van der Waals surface area (Å²) in [5.41, 5.74) is 4.48. The molecule has 2 aromatic carbocycles. The van der Waals surface area contributed by atoms with Gasteiger partial charge in [-0.25, -0.2) is 4.98 Å². The molecular weight excluding hydrogens is 344 g/mol. The minimum atomic E-state index is 0.103. The number of fused-ring (bicyclic) bond motifs is 1.